The molecule has 1 atom stereocenters. The molecule has 7 nitrogen and oxygen atoms in total. The van der Waals surface area contributed by atoms with E-state index >= 15 is 0 Å². The summed E-state index contributed by atoms with van der Waals surface area (Å²) >= 11 is 0. The average molecular weight is 379 g/mol. The fourth-order valence-electron chi connectivity index (χ4n) is 3.33. The van der Waals surface area contributed by atoms with Crippen LogP contribution in [0.1, 0.15) is 25.3 Å². The highest BCUT2D eigenvalue weighted by Gasteiger charge is 2.23. The van der Waals surface area contributed by atoms with Gasteiger partial charge in [0.1, 0.15) is 11.5 Å². The quantitative estimate of drug-likeness (QED) is 0.479. The van der Waals surface area contributed by atoms with Gasteiger partial charge in [0.2, 0.25) is 0 Å². The minimum atomic E-state index is 0.527. The molecule has 1 aromatic rings. The molecule has 0 bridgehead atoms. The first-order valence-corrected chi connectivity index (χ1v) is 9.67. The van der Waals surface area contributed by atoms with Crippen LogP contribution in [0.4, 0.5) is 0 Å². The van der Waals surface area contributed by atoms with Crippen molar-refractivity contribution in [1.82, 2.24) is 15.5 Å². The normalized spacial score (nSPS) is 17.8. The molecule has 0 aromatic heterocycles. The molecule has 152 valence electrons. The van der Waals surface area contributed by atoms with Gasteiger partial charge in [0.05, 0.1) is 27.4 Å². The zero-order valence-electron chi connectivity index (χ0n) is 17.1. The molecule has 1 unspecified atom stereocenters. The van der Waals surface area contributed by atoms with E-state index in [1.54, 1.807) is 21.3 Å². The van der Waals surface area contributed by atoms with Crippen LogP contribution in [-0.4, -0.2) is 71.0 Å². The Hall–Kier alpha value is -1.99. The van der Waals surface area contributed by atoms with Crippen LogP contribution in [0.3, 0.4) is 0 Å². The Kier molecular flexibility index (Phi) is 9.21. The minimum Gasteiger partial charge on any atom is -0.497 e. The molecule has 0 saturated carbocycles. The van der Waals surface area contributed by atoms with Crippen LogP contribution in [0.15, 0.2) is 23.2 Å². The SMILES string of the molecule is CCNC(=NCc1ccc(OC)cc1OC)NCC1CCCN1CCOC. The second-order valence-corrected chi connectivity index (χ2v) is 6.58. The van der Waals surface area contributed by atoms with Gasteiger partial charge in [-0.3, -0.25) is 4.90 Å². The molecule has 1 heterocycles. The van der Waals surface area contributed by atoms with Crippen LogP contribution in [0.25, 0.3) is 0 Å². The maximum Gasteiger partial charge on any atom is 0.191 e. The summed E-state index contributed by atoms with van der Waals surface area (Å²) in [6, 6.07) is 6.34. The predicted octanol–water partition coefficient (Wildman–Crippen LogP) is 1.87. The van der Waals surface area contributed by atoms with Crippen molar-refractivity contribution in [2.75, 3.05) is 54.1 Å². The fourth-order valence-corrected chi connectivity index (χ4v) is 3.33. The van der Waals surface area contributed by atoms with Crippen molar-refractivity contribution in [1.29, 1.82) is 0 Å². The van der Waals surface area contributed by atoms with E-state index in [4.69, 9.17) is 19.2 Å². The van der Waals surface area contributed by atoms with Gasteiger partial charge in [0.25, 0.3) is 0 Å². The summed E-state index contributed by atoms with van der Waals surface area (Å²) in [5.41, 5.74) is 1.03. The lowest BCUT2D eigenvalue weighted by molar-refractivity contribution is 0.141. The van der Waals surface area contributed by atoms with E-state index < -0.39 is 0 Å². The topological polar surface area (TPSA) is 67.4 Å². The zero-order valence-corrected chi connectivity index (χ0v) is 17.1. The molecule has 1 aromatic carbocycles. The average Bonchev–Trinajstić information content (AvgIpc) is 3.15. The number of benzene rings is 1. The molecule has 1 fully saturated rings. The van der Waals surface area contributed by atoms with Gasteiger partial charge in [-0.15, -0.1) is 0 Å². The molecule has 7 heteroatoms. The van der Waals surface area contributed by atoms with E-state index in [1.807, 2.05) is 18.2 Å². The van der Waals surface area contributed by atoms with Crippen LogP contribution in [0.2, 0.25) is 0 Å². The van der Waals surface area contributed by atoms with Gasteiger partial charge in [0.15, 0.2) is 5.96 Å². The highest BCUT2D eigenvalue weighted by Crippen LogP contribution is 2.25. The molecule has 1 aliphatic rings. The highest BCUT2D eigenvalue weighted by molar-refractivity contribution is 5.79. The third kappa shape index (κ3) is 6.59. The lowest BCUT2D eigenvalue weighted by Gasteiger charge is -2.25. The second-order valence-electron chi connectivity index (χ2n) is 6.58. The maximum absolute atomic E-state index is 5.46. The first-order valence-electron chi connectivity index (χ1n) is 9.67. The van der Waals surface area contributed by atoms with Crippen LogP contribution < -0.4 is 20.1 Å². The standard InChI is InChI=1S/C20H34N4O3/c1-5-21-20(23-15-17-7-6-10-24(17)11-12-25-2)22-14-16-8-9-18(26-3)13-19(16)27-4/h8-9,13,17H,5-7,10-12,14-15H2,1-4H3,(H2,21,22,23). The minimum absolute atomic E-state index is 0.527. The number of rotatable bonds is 10. The lowest BCUT2D eigenvalue weighted by Crippen LogP contribution is -2.45. The monoisotopic (exact) mass is 378 g/mol. The Morgan fingerprint density at radius 2 is 2.07 bits per heavy atom. The van der Waals surface area contributed by atoms with Gasteiger partial charge < -0.3 is 24.8 Å². The van der Waals surface area contributed by atoms with Crippen molar-refractivity contribution in [3.63, 3.8) is 0 Å². The molecule has 2 N–H and O–H groups in total. The van der Waals surface area contributed by atoms with E-state index in [0.717, 1.165) is 55.8 Å². The zero-order chi connectivity index (χ0) is 19.5. The van der Waals surface area contributed by atoms with E-state index in [0.29, 0.717) is 12.6 Å². The first-order chi connectivity index (χ1) is 13.2. The molecule has 2 rings (SSSR count). The van der Waals surface area contributed by atoms with Gasteiger partial charge >= 0.3 is 0 Å². The van der Waals surface area contributed by atoms with Crippen molar-refractivity contribution in [3.05, 3.63) is 23.8 Å². The molecule has 0 aliphatic carbocycles. The second kappa shape index (κ2) is 11.7. The van der Waals surface area contributed by atoms with Crippen LogP contribution >= 0.6 is 0 Å². The number of guanidine groups is 1. The van der Waals surface area contributed by atoms with E-state index in [1.165, 1.54) is 12.8 Å². The number of likely N-dealkylation sites (tertiary alicyclic amines) is 1. The summed E-state index contributed by atoms with van der Waals surface area (Å²) in [5.74, 6) is 2.39. The van der Waals surface area contributed by atoms with Crippen LogP contribution in [-0.2, 0) is 11.3 Å². The van der Waals surface area contributed by atoms with Crippen LogP contribution in [0.5, 0.6) is 11.5 Å². The lowest BCUT2D eigenvalue weighted by atomic mass is 10.2. The van der Waals surface area contributed by atoms with Gasteiger partial charge in [-0.2, -0.15) is 0 Å². The van der Waals surface area contributed by atoms with Crippen molar-refractivity contribution in [2.24, 2.45) is 4.99 Å². The molecule has 0 radical (unpaired) electrons. The molecule has 27 heavy (non-hydrogen) atoms. The number of nitrogens with zero attached hydrogens (tertiary/aromatic N) is 2. The van der Waals surface area contributed by atoms with Crippen molar-refractivity contribution < 1.29 is 14.2 Å². The van der Waals surface area contributed by atoms with Crippen molar-refractivity contribution >= 4 is 5.96 Å². The molecule has 0 spiro atoms. The largest absolute Gasteiger partial charge is 0.497 e. The summed E-state index contributed by atoms with van der Waals surface area (Å²) < 4.78 is 15.9. The smallest absolute Gasteiger partial charge is 0.191 e. The molecule has 0 amide bonds. The summed E-state index contributed by atoms with van der Waals surface area (Å²) in [4.78, 5) is 7.22. The molecule has 1 saturated heterocycles. The highest BCUT2D eigenvalue weighted by atomic mass is 16.5. The Morgan fingerprint density at radius 1 is 1.22 bits per heavy atom. The van der Waals surface area contributed by atoms with Gasteiger partial charge in [-0.25, -0.2) is 4.99 Å². The number of nitrogens with one attached hydrogen (secondary N) is 2. The van der Waals surface area contributed by atoms with E-state index in [9.17, 15) is 0 Å². The number of aliphatic imine (C=N–C) groups is 1. The van der Waals surface area contributed by atoms with Gasteiger partial charge in [0, 0.05) is 44.4 Å². The fraction of sp³-hybridized carbons (Fsp3) is 0.650. The number of ether oxygens (including phenoxy) is 3. The predicted molar refractivity (Wildman–Crippen MR) is 109 cm³/mol. The summed E-state index contributed by atoms with van der Waals surface area (Å²) in [5, 5.41) is 6.82. The number of hydrogen-bond donors (Lipinski definition) is 2. The maximum atomic E-state index is 5.46. The molecule has 1 aliphatic heterocycles. The van der Waals surface area contributed by atoms with Crippen molar-refractivity contribution in [2.45, 2.75) is 32.4 Å². The molecular weight excluding hydrogens is 344 g/mol. The summed E-state index contributed by atoms with van der Waals surface area (Å²) in [7, 11) is 5.07. The third-order valence-electron chi connectivity index (χ3n) is 4.83. The summed E-state index contributed by atoms with van der Waals surface area (Å²) in [6.45, 7) is 7.24. The Morgan fingerprint density at radius 3 is 2.78 bits per heavy atom. The van der Waals surface area contributed by atoms with E-state index in [2.05, 4.69) is 22.5 Å². The van der Waals surface area contributed by atoms with E-state index in [-0.39, 0.29) is 0 Å². The Labute approximate surface area is 163 Å². The third-order valence-corrected chi connectivity index (χ3v) is 4.83. The Balaban J connectivity index is 1.96. The number of methoxy groups -OCH3 is 3. The first kappa shape index (κ1) is 21.3. The van der Waals surface area contributed by atoms with Crippen molar-refractivity contribution in [3.8, 4) is 11.5 Å². The summed E-state index contributed by atoms with van der Waals surface area (Å²) in [6.07, 6.45) is 2.45. The van der Waals surface area contributed by atoms with Gasteiger partial charge in [-0.05, 0) is 38.4 Å². The Bertz CT molecular complexity index is 595. The number of hydrogen-bond acceptors (Lipinski definition) is 5. The molecular formula is C20H34N4O3. The van der Waals surface area contributed by atoms with Crippen LogP contribution in [0, 0.1) is 0 Å². The van der Waals surface area contributed by atoms with Gasteiger partial charge in [-0.1, -0.05) is 0 Å².